The lowest BCUT2D eigenvalue weighted by Gasteiger charge is -2.48. The van der Waals surface area contributed by atoms with Crippen molar-refractivity contribution in [1.82, 2.24) is 0 Å². The lowest BCUT2D eigenvalue weighted by molar-refractivity contribution is 0.126. The van der Waals surface area contributed by atoms with Crippen LogP contribution in [0.4, 0.5) is 0 Å². The van der Waals surface area contributed by atoms with E-state index >= 15 is 0 Å². The summed E-state index contributed by atoms with van der Waals surface area (Å²) >= 11 is 0. The number of allylic oxidation sites excluding steroid dienone is 8. The van der Waals surface area contributed by atoms with Gasteiger partial charge in [-0.15, -0.1) is 0 Å². The summed E-state index contributed by atoms with van der Waals surface area (Å²) in [4.78, 5) is 0. The van der Waals surface area contributed by atoms with E-state index in [9.17, 15) is 13.0 Å². The molecule has 4 aliphatic carbocycles. The van der Waals surface area contributed by atoms with Crippen molar-refractivity contribution in [1.29, 1.82) is 0 Å². The van der Waals surface area contributed by atoms with Gasteiger partial charge < -0.3 is 0 Å². The summed E-state index contributed by atoms with van der Waals surface area (Å²) in [6.45, 7) is 8.58. The third-order valence-corrected chi connectivity index (χ3v) is 8.24. The maximum absolute atomic E-state index is 12.4. The van der Waals surface area contributed by atoms with Crippen molar-refractivity contribution >= 4 is 10.1 Å². The van der Waals surface area contributed by atoms with Crippen molar-refractivity contribution in [3.8, 4) is 0 Å². The smallest absolute Gasteiger partial charge is 0.278 e. The molecule has 0 radical (unpaired) electrons. The summed E-state index contributed by atoms with van der Waals surface area (Å²) < 4.78 is 33.4. The fraction of sp³-hybridized carbons (Fsp3) is 0.500. The van der Waals surface area contributed by atoms with E-state index in [2.05, 4.69) is 45.1 Å². The van der Waals surface area contributed by atoms with Gasteiger partial charge in [-0.05, 0) is 30.9 Å². The average molecular weight is 344 g/mol. The Balaban J connectivity index is 2.13. The standard InChI is InChI=1S/C20H24O3S/c1-14-5-6-15-10-17(2)7-8-20(24(21,22)23)11-16(9-14)19(4,13-20)18(15,3)12-17/h5-11H,12-13H2,1-4H3,(H,21,22,23). The van der Waals surface area contributed by atoms with E-state index in [-0.39, 0.29) is 16.2 Å². The Hall–Kier alpha value is -1.39. The van der Waals surface area contributed by atoms with Crippen LogP contribution in [0.1, 0.15) is 40.5 Å². The van der Waals surface area contributed by atoms with Crippen LogP contribution >= 0.6 is 0 Å². The molecule has 0 saturated carbocycles. The Morgan fingerprint density at radius 1 is 0.958 bits per heavy atom. The zero-order chi connectivity index (χ0) is 17.6. The van der Waals surface area contributed by atoms with Crippen molar-refractivity contribution in [3.05, 3.63) is 59.3 Å². The van der Waals surface area contributed by atoms with Gasteiger partial charge in [-0.2, -0.15) is 8.42 Å². The molecule has 4 atom stereocenters. The molecule has 0 aliphatic heterocycles. The Labute approximate surface area is 144 Å². The Bertz CT molecular complexity index is 901. The van der Waals surface area contributed by atoms with Gasteiger partial charge in [0.1, 0.15) is 4.75 Å². The minimum atomic E-state index is -4.25. The fourth-order valence-electron chi connectivity index (χ4n) is 5.33. The first-order valence-corrected chi connectivity index (χ1v) is 9.88. The zero-order valence-corrected chi connectivity index (χ0v) is 15.4. The van der Waals surface area contributed by atoms with Crippen LogP contribution in [0.2, 0.25) is 0 Å². The van der Waals surface area contributed by atoms with Gasteiger partial charge in [0.15, 0.2) is 0 Å². The van der Waals surface area contributed by atoms with E-state index in [4.69, 9.17) is 0 Å². The molecule has 0 heterocycles. The van der Waals surface area contributed by atoms with Gasteiger partial charge in [-0.3, -0.25) is 4.55 Å². The second kappa shape index (κ2) is 4.23. The van der Waals surface area contributed by atoms with Crippen LogP contribution in [0, 0.1) is 16.2 Å². The first-order chi connectivity index (χ1) is 10.9. The van der Waals surface area contributed by atoms with Crippen LogP contribution in [0.15, 0.2) is 59.3 Å². The van der Waals surface area contributed by atoms with Gasteiger partial charge in [0.25, 0.3) is 10.1 Å². The molecule has 0 saturated heterocycles. The number of hydrogen-bond acceptors (Lipinski definition) is 2. The van der Waals surface area contributed by atoms with Crippen molar-refractivity contribution in [3.63, 3.8) is 0 Å². The second-order valence-corrected chi connectivity index (χ2v) is 10.4. The molecule has 4 unspecified atom stereocenters. The third-order valence-electron chi connectivity index (χ3n) is 6.88. The van der Waals surface area contributed by atoms with Gasteiger partial charge in [0.05, 0.1) is 0 Å². The van der Waals surface area contributed by atoms with Crippen LogP contribution in [0.5, 0.6) is 0 Å². The van der Waals surface area contributed by atoms with Crippen LogP contribution in [0.25, 0.3) is 0 Å². The predicted octanol–water partition coefficient (Wildman–Crippen LogP) is 4.38. The SMILES string of the molecule is CC1=CC2=CC3(S(=O)(=O)O)C=CC4(C)C=C(C=C1)C(C)(C4)C2(C)C3. The predicted molar refractivity (Wildman–Crippen MR) is 96.0 cm³/mol. The summed E-state index contributed by atoms with van der Waals surface area (Å²) in [5.74, 6) is 0. The highest BCUT2D eigenvalue weighted by atomic mass is 32.2. The highest BCUT2D eigenvalue weighted by Crippen LogP contribution is 2.68. The normalized spacial score (nSPS) is 46.0. The monoisotopic (exact) mass is 344 g/mol. The number of hydrogen-bond donors (Lipinski definition) is 1. The third kappa shape index (κ3) is 1.79. The molecule has 1 N–H and O–H groups in total. The minimum absolute atomic E-state index is 0.168. The van der Waals surface area contributed by atoms with E-state index < -0.39 is 14.9 Å². The second-order valence-electron chi connectivity index (χ2n) is 8.71. The van der Waals surface area contributed by atoms with Crippen LogP contribution in [-0.2, 0) is 10.1 Å². The number of rotatable bonds is 1. The molecule has 24 heavy (non-hydrogen) atoms. The summed E-state index contributed by atoms with van der Waals surface area (Å²) in [5.41, 5.74) is 2.67. The summed E-state index contributed by atoms with van der Waals surface area (Å²) in [5, 5.41) is 0. The molecule has 0 fully saturated rings. The van der Waals surface area contributed by atoms with E-state index in [1.807, 2.05) is 13.0 Å². The lowest BCUT2D eigenvalue weighted by Crippen LogP contribution is -2.44. The van der Waals surface area contributed by atoms with Crippen molar-refractivity contribution < 1.29 is 13.0 Å². The topological polar surface area (TPSA) is 54.4 Å². The zero-order valence-electron chi connectivity index (χ0n) is 14.6. The fourth-order valence-corrected chi connectivity index (χ4v) is 6.32. The Kier molecular flexibility index (Phi) is 2.83. The molecule has 0 aromatic heterocycles. The van der Waals surface area contributed by atoms with Crippen LogP contribution in [0.3, 0.4) is 0 Å². The molecular formula is C20H24O3S. The van der Waals surface area contributed by atoms with Crippen LogP contribution < -0.4 is 0 Å². The summed E-state index contributed by atoms with van der Waals surface area (Å²) in [7, 11) is -4.25. The largest absolute Gasteiger partial charge is 0.285 e. The summed E-state index contributed by atoms with van der Waals surface area (Å²) in [6, 6.07) is 0. The van der Waals surface area contributed by atoms with Gasteiger partial charge in [-0.25, -0.2) is 0 Å². The van der Waals surface area contributed by atoms with E-state index in [1.165, 1.54) is 5.57 Å². The molecule has 3 nitrogen and oxygen atoms in total. The molecule has 0 aromatic rings. The Morgan fingerprint density at radius 2 is 1.62 bits per heavy atom. The summed E-state index contributed by atoms with van der Waals surface area (Å²) in [6.07, 6.45) is 15.5. The Morgan fingerprint density at radius 3 is 2.29 bits per heavy atom. The van der Waals surface area contributed by atoms with Crippen LogP contribution in [-0.4, -0.2) is 17.7 Å². The quantitative estimate of drug-likeness (QED) is 0.567. The number of fused-ring (bicyclic) bond motifs is 2. The lowest BCUT2D eigenvalue weighted by atomic mass is 9.56. The van der Waals surface area contributed by atoms with Gasteiger partial charge >= 0.3 is 0 Å². The molecule has 0 aromatic carbocycles. The maximum Gasteiger partial charge on any atom is 0.278 e. The first kappa shape index (κ1) is 16.1. The van der Waals surface area contributed by atoms with Crippen molar-refractivity contribution in [2.75, 3.05) is 0 Å². The van der Waals surface area contributed by atoms with Gasteiger partial charge in [-0.1, -0.05) is 68.9 Å². The molecule has 4 aliphatic rings. The van der Waals surface area contributed by atoms with Crippen molar-refractivity contribution in [2.45, 2.75) is 45.3 Å². The van der Waals surface area contributed by atoms with E-state index in [0.29, 0.717) is 6.42 Å². The molecular weight excluding hydrogens is 320 g/mol. The first-order valence-electron chi connectivity index (χ1n) is 8.44. The molecule has 4 heteroatoms. The van der Waals surface area contributed by atoms with Crippen molar-refractivity contribution in [2.24, 2.45) is 16.2 Å². The molecule has 0 amide bonds. The molecule has 0 spiro atoms. The van der Waals surface area contributed by atoms with Gasteiger partial charge in [0, 0.05) is 16.2 Å². The molecule has 4 rings (SSSR count). The highest BCUT2D eigenvalue weighted by molar-refractivity contribution is 7.87. The molecule has 128 valence electrons. The maximum atomic E-state index is 12.4. The minimum Gasteiger partial charge on any atom is -0.285 e. The van der Waals surface area contributed by atoms with E-state index in [0.717, 1.165) is 17.6 Å². The molecule has 4 bridgehead atoms. The highest BCUT2D eigenvalue weighted by Gasteiger charge is 2.63. The van der Waals surface area contributed by atoms with E-state index in [1.54, 1.807) is 12.2 Å². The van der Waals surface area contributed by atoms with Gasteiger partial charge in [0.2, 0.25) is 0 Å². The average Bonchev–Trinajstić information content (AvgIpc) is 2.89.